The Balaban J connectivity index is 2.08. The summed E-state index contributed by atoms with van der Waals surface area (Å²) < 4.78 is 23.7. The number of methoxy groups -OCH3 is 2. The SMILES string of the molecule is COc1ccc(NC(=O)Nc2ccccc2F)cc1OC. The minimum Gasteiger partial charge on any atom is -0.493 e. The Morgan fingerprint density at radius 3 is 2.38 bits per heavy atom. The summed E-state index contributed by atoms with van der Waals surface area (Å²) in [6.07, 6.45) is 0. The van der Waals surface area contributed by atoms with Gasteiger partial charge in [0.05, 0.1) is 19.9 Å². The number of carbonyl (C=O) groups is 1. The van der Waals surface area contributed by atoms with Gasteiger partial charge in [-0.1, -0.05) is 12.1 Å². The largest absolute Gasteiger partial charge is 0.493 e. The lowest BCUT2D eigenvalue weighted by Crippen LogP contribution is -2.20. The molecule has 0 aliphatic heterocycles. The molecule has 5 nitrogen and oxygen atoms in total. The molecule has 2 N–H and O–H groups in total. The van der Waals surface area contributed by atoms with Crippen LogP contribution in [0.4, 0.5) is 20.6 Å². The van der Waals surface area contributed by atoms with Crippen LogP contribution in [0.2, 0.25) is 0 Å². The van der Waals surface area contributed by atoms with Gasteiger partial charge in [0.25, 0.3) is 0 Å². The van der Waals surface area contributed by atoms with E-state index in [1.165, 1.54) is 26.4 Å². The Bertz CT molecular complexity index is 647. The van der Waals surface area contributed by atoms with Crippen molar-refractivity contribution in [3.8, 4) is 11.5 Å². The maximum absolute atomic E-state index is 13.4. The number of hydrogen-bond acceptors (Lipinski definition) is 3. The molecule has 2 rings (SSSR count). The van der Waals surface area contributed by atoms with Crippen molar-refractivity contribution in [3.05, 3.63) is 48.3 Å². The molecule has 0 radical (unpaired) electrons. The van der Waals surface area contributed by atoms with Crippen LogP contribution in [0.15, 0.2) is 42.5 Å². The van der Waals surface area contributed by atoms with Gasteiger partial charge in [-0.25, -0.2) is 9.18 Å². The number of nitrogens with one attached hydrogen (secondary N) is 2. The van der Waals surface area contributed by atoms with E-state index < -0.39 is 11.8 Å². The molecule has 0 aliphatic carbocycles. The van der Waals surface area contributed by atoms with E-state index in [4.69, 9.17) is 9.47 Å². The van der Waals surface area contributed by atoms with Gasteiger partial charge in [0.2, 0.25) is 0 Å². The monoisotopic (exact) mass is 290 g/mol. The molecule has 0 saturated heterocycles. The number of anilines is 2. The quantitative estimate of drug-likeness (QED) is 0.906. The van der Waals surface area contributed by atoms with Gasteiger partial charge in [-0.2, -0.15) is 0 Å². The summed E-state index contributed by atoms with van der Waals surface area (Å²) in [7, 11) is 3.02. The fourth-order valence-electron chi connectivity index (χ4n) is 1.76. The summed E-state index contributed by atoms with van der Waals surface area (Å²) in [5.41, 5.74) is 0.608. The summed E-state index contributed by atoms with van der Waals surface area (Å²) in [4.78, 5) is 11.8. The van der Waals surface area contributed by atoms with Gasteiger partial charge < -0.3 is 20.1 Å². The van der Waals surface area contributed by atoms with Crippen LogP contribution in [0.5, 0.6) is 11.5 Å². The molecule has 2 aromatic carbocycles. The Kier molecular flexibility index (Phi) is 4.61. The molecule has 6 heteroatoms. The minimum absolute atomic E-state index is 0.107. The summed E-state index contributed by atoms with van der Waals surface area (Å²) in [6.45, 7) is 0. The predicted molar refractivity (Wildman–Crippen MR) is 78.6 cm³/mol. The number of amides is 2. The van der Waals surface area contributed by atoms with Crippen molar-refractivity contribution in [2.45, 2.75) is 0 Å². The molecule has 2 amide bonds. The van der Waals surface area contributed by atoms with Gasteiger partial charge in [0, 0.05) is 11.8 Å². The number of ether oxygens (including phenoxy) is 2. The van der Waals surface area contributed by atoms with Gasteiger partial charge in [0.15, 0.2) is 11.5 Å². The van der Waals surface area contributed by atoms with Crippen LogP contribution in [-0.4, -0.2) is 20.3 Å². The molecule has 0 spiro atoms. The Morgan fingerprint density at radius 1 is 1.00 bits per heavy atom. The van der Waals surface area contributed by atoms with Crippen LogP contribution in [0.1, 0.15) is 0 Å². The zero-order chi connectivity index (χ0) is 15.2. The molecular formula is C15H15FN2O3. The van der Waals surface area contributed by atoms with Crippen LogP contribution in [0.3, 0.4) is 0 Å². The zero-order valence-electron chi connectivity index (χ0n) is 11.6. The van der Waals surface area contributed by atoms with E-state index in [1.54, 1.807) is 30.3 Å². The fraction of sp³-hybridized carbons (Fsp3) is 0.133. The van der Waals surface area contributed by atoms with Gasteiger partial charge in [-0.15, -0.1) is 0 Å². The van der Waals surface area contributed by atoms with E-state index in [0.717, 1.165) is 0 Å². The molecule has 0 aliphatic rings. The molecule has 0 fully saturated rings. The normalized spacial score (nSPS) is 9.86. The highest BCUT2D eigenvalue weighted by Gasteiger charge is 2.09. The second-order valence-electron chi connectivity index (χ2n) is 4.13. The maximum Gasteiger partial charge on any atom is 0.323 e. The number of carbonyl (C=O) groups excluding carboxylic acids is 1. The summed E-state index contributed by atoms with van der Waals surface area (Å²) in [5, 5.41) is 5.02. The molecule has 110 valence electrons. The van der Waals surface area contributed by atoms with Gasteiger partial charge in [-0.3, -0.25) is 0 Å². The average Bonchev–Trinajstić information content (AvgIpc) is 2.49. The first-order valence-electron chi connectivity index (χ1n) is 6.18. The molecule has 0 heterocycles. The summed E-state index contributed by atoms with van der Waals surface area (Å²) >= 11 is 0. The van der Waals surface area contributed by atoms with Crippen molar-refractivity contribution in [3.63, 3.8) is 0 Å². The van der Waals surface area contributed by atoms with Crippen LogP contribution < -0.4 is 20.1 Å². The highest BCUT2D eigenvalue weighted by Crippen LogP contribution is 2.29. The third kappa shape index (κ3) is 3.62. The molecule has 0 saturated carbocycles. The highest BCUT2D eigenvalue weighted by atomic mass is 19.1. The van der Waals surface area contributed by atoms with E-state index in [2.05, 4.69) is 10.6 Å². The standard InChI is InChI=1S/C15H15FN2O3/c1-20-13-8-7-10(9-14(13)21-2)17-15(19)18-12-6-4-3-5-11(12)16/h3-9H,1-2H3,(H2,17,18,19). The number of hydrogen-bond donors (Lipinski definition) is 2. The smallest absolute Gasteiger partial charge is 0.323 e. The molecule has 0 bridgehead atoms. The minimum atomic E-state index is -0.549. The molecular weight excluding hydrogens is 275 g/mol. The number of benzene rings is 2. The van der Waals surface area contributed by atoms with Crippen molar-refractivity contribution in [2.75, 3.05) is 24.9 Å². The van der Waals surface area contributed by atoms with Crippen LogP contribution in [0.25, 0.3) is 0 Å². The van der Waals surface area contributed by atoms with Crippen molar-refractivity contribution >= 4 is 17.4 Å². The van der Waals surface area contributed by atoms with Gasteiger partial charge in [0.1, 0.15) is 5.82 Å². The third-order valence-corrected chi connectivity index (χ3v) is 2.76. The second kappa shape index (κ2) is 6.60. The first-order valence-corrected chi connectivity index (χ1v) is 6.18. The number of halogens is 1. The van der Waals surface area contributed by atoms with Crippen LogP contribution in [0, 0.1) is 5.82 Å². The van der Waals surface area contributed by atoms with E-state index in [1.807, 2.05) is 0 Å². The zero-order valence-corrected chi connectivity index (χ0v) is 11.6. The Hall–Kier alpha value is -2.76. The number of para-hydroxylation sites is 1. The molecule has 21 heavy (non-hydrogen) atoms. The lowest BCUT2D eigenvalue weighted by atomic mass is 10.2. The average molecular weight is 290 g/mol. The number of rotatable bonds is 4. The van der Waals surface area contributed by atoms with Crippen molar-refractivity contribution in [1.82, 2.24) is 0 Å². The van der Waals surface area contributed by atoms with E-state index in [0.29, 0.717) is 17.2 Å². The number of urea groups is 1. The topological polar surface area (TPSA) is 59.6 Å². The van der Waals surface area contributed by atoms with E-state index >= 15 is 0 Å². The summed E-state index contributed by atoms with van der Waals surface area (Å²) in [6, 6.07) is 10.3. The van der Waals surface area contributed by atoms with Gasteiger partial charge in [-0.05, 0) is 24.3 Å². The first-order chi connectivity index (χ1) is 10.1. The summed E-state index contributed by atoms with van der Waals surface area (Å²) in [5.74, 6) is 0.540. The Labute approximate surface area is 121 Å². The van der Waals surface area contributed by atoms with Gasteiger partial charge >= 0.3 is 6.03 Å². The van der Waals surface area contributed by atoms with Crippen molar-refractivity contribution in [2.24, 2.45) is 0 Å². The van der Waals surface area contributed by atoms with E-state index in [9.17, 15) is 9.18 Å². The maximum atomic E-state index is 13.4. The van der Waals surface area contributed by atoms with Crippen LogP contribution in [-0.2, 0) is 0 Å². The lowest BCUT2D eigenvalue weighted by molar-refractivity contribution is 0.262. The molecule has 0 atom stereocenters. The molecule has 0 unspecified atom stereocenters. The fourth-order valence-corrected chi connectivity index (χ4v) is 1.76. The van der Waals surface area contributed by atoms with Crippen molar-refractivity contribution in [1.29, 1.82) is 0 Å². The van der Waals surface area contributed by atoms with Crippen LogP contribution >= 0.6 is 0 Å². The predicted octanol–water partition coefficient (Wildman–Crippen LogP) is 3.49. The van der Waals surface area contributed by atoms with Crippen molar-refractivity contribution < 1.29 is 18.7 Å². The lowest BCUT2D eigenvalue weighted by Gasteiger charge is -2.11. The highest BCUT2D eigenvalue weighted by molar-refractivity contribution is 6.00. The third-order valence-electron chi connectivity index (χ3n) is 2.76. The van der Waals surface area contributed by atoms with E-state index in [-0.39, 0.29) is 5.69 Å². The second-order valence-corrected chi connectivity index (χ2v) is 4.13. The molecule has 2 aromatic rings. The Morgan fingerprint density at radius 2 is 1.71 bits per heavy atom. The first kappa shape index (κ1) is 14.6. The molecule has 0 aromatic heterocycles.